The number of carbonyl (C=O) groups is 1. The molecule has 2 rings (SSSR count). The van der Waals surface area contributed by atoms with E-state index in [2.05, 4.69) is 15.8 Å². The molecule has 2 N–H and O–H groups in total. The number of aromatic nitrogens is 1. The van der Waals surface area contributed by atoms with Crippen LogP contribution in [0.25, 0.3) is 0 Å². The summed E-state index contributed by atoms with van der Waals surface area (Å²) in [4.78, 5) is 11.9. The van der Waals surface area contributed by atoms with Gasteiger partial charge in [-0.3, -0.25) is 10.1 Å². The highest BCUT2D eigenvalue weighted by Crippen LogP contribution is 2.26. The topological polar surface area (TPSA) is 67.2 Å². The maximum atomic E-state index is 11.9. The first-order valence-corrected chi connectivity index (χ1v) is 5.06. The van der Waals surface area contributed by atoms with Crippen LogP contribution < -0.4 is 10.6 Å². The largest absolute Gasteiger partial charge is 0.338 e. The van der Waals surface area contributed by atoms with Crippen molar-refractivity contribution in [3.05, 3.63) is 11.8 Å². The fourth-order valence-corrected chi connectivity index (χ4v) is 1.70. The molecule has 1 aliphatic heterocycles. The molecule has 1 aromatic rings. The molecule has 0 aliphatic carbocycles. The van der Waals surface area contributed by atoms with E-state index < -0.39 is 0 Å². The molecule has 1 aromatic heterocycles. The van der Waals surface area contributed by atoms with Crippen molar-refractivity contribution < 1.29 is 9.32 Å². The van der Waals surface area contributed by atoms with E-state index in [1.54, 1.807) is 6.07 Å². The number of nitrogens with one attached hydrogen (secondary N) is 2. The van der Waals surface area contributed by atoms with Crippen LogP contribution in [-0.2, 0) is 4.79 Å². The van der Waals surface area contributed by atoms with Gasteiger partial charge in [0.2, 0.25) is 11.8 Å². The van der Waals surface area contributed by atoms with E-state index in [0.717, 1.165) is 18.7 Å². The highest BCUT2D eigenvalue weighted by atomic mass is 16.5. The molecule has 0 radical (unpaired) electrons. The number of nitrogens with zero attached hydrogens (tertiary/aromatic N) is 1. The minimum atomic E-state index is -0.333. The number of hydrogen-bond acceptors (Lipinski definition) is 4. The molecule has 82 valence electrons. The van der Waals surface area contributed by atoms with Crippen molar-refractivity contribution in [1.29, 1.82) is 0 Å². The zero-order valence-corrected chi connectivity index (χ0v) is 8.96. The van der Waals surface area contributed by atoms with Gasteiger partial charge in [0, 0.05) is 12.6 Å². The van der Waals surface area contributed by atoms with Gasteiger partial charge in [-0.25, -0.2) is 0 Å². The maximum absolute atomic E-state index is 11.9. The number of carbonyl (C=O) groups excluding carboxylic acids is 1. The Hall–Kier alpha value is -1.36. The molecule has 1 unspecified atom stereocenters. The smallest absolute Gasteiger partial charge is 0.234 e. The van der Waals surface area contributed by atoms with Crippen LogP contribution in [0.1, 0.15) is 19.0 Å². The Morgan fingerprint density at radius 2 is 2.53 bits per heavy atom. The SMILES string of the molecule is Cc1cc(NC(=O)C2(C)CCNC2)on1. The Morgan fingerprint density at radius 3 is 3.07 bits per heavy atom. The third-order valence-corrected chi connectivity index (χ3v) is 2.78. The maximum Gasteiger partial charge on any atom is 0.234 e. The molecule has 15 heavy (non-hydrogen) atoms. The first-order chi connectivity index (χ1) is 7.10. The summed E-state index contributed by atoms with van der Waals surface area (Å²) in [7, 11) is 0. The van der Waals surface area contributed by atoms with Gasteiger partial charge in [-0.2, -0.15) is 0 Å². The van der Waals surface area contributed by atoms with Gasteiger partial charge in [0.15, 0.2) is 0 Å². The third-order valence-electron chi connectivity index (χ3n) is 2.78. The van der Waals surface area contributed by atoms with Gasteiger partial charge in [-0.05, 0) is 26.8 Å². The average Bonchev–Trinajstić information content (AvgIpc) is 2.76. The highest BCUT2D eigenvalue weighted by Gasteiger charge is 2.36. The molecule has 1 atom stereocenters. The summed E-state index contributed by atoms with van der Waals surface area (Å²) < 4.78 is 4.94. The minimum absolute atomic E-state index is 0.0105. The van der Waals surface area contributed by atoms with Crippen LogP contribution in [0.4, 0.5) is 5.88 Å². The lowest BCUT2D eigenvalue weighted by Crippen LogP contribution is -2.35. The summed E-state index contributed by atoms with van der Waals surface area (Å²) in [5.41, 5.74) is 0.431. The van der Waals surface area contributed by atoms with Crippen LogP contribution in [0.5, 0.6) is 0 Å². The van der Waals surface area contributed by atoms with Gasteiger partial charge in [0.25, 0.3) is 0 Å². The van der Waals surface area contributed by atoms with Crippen LogP contribution in [0, 0.1) is 12.3 Å². The van der Waals surface area contributed by atoms with Gasteiger partial charge in [-0.1, -0.05) is 5.16 Å². The molecule has 1 fully saturated rings. The normalized spacial score (nSPS) is 25.5. The second-order valence-corrected chi connectivity index (χ2v) is 4.27. The summed E-state index contributed by atoms with van der Waals surface area (Å²) in [6.07, 6.45) is 0.853. The summed E-state index contributed by atoms with van der Waals surface area (Å²) >= 11 is 0. The van der Waals surface area contributed by atoms with Crippen LogP contribution >= 0.6 is 0 Å². The quantitative estimate of drug-likeness (QED) is 0.760. The molecule has 0 spiro atoms. The van der Waals surface area contributed by atoms with E-state index >= 15 is 0 Å². The summed E-state index contributed by atoms with van der Waals surface area (Å²) in [6, 6.07) is 1.71. The number of rotatable bonds is 2. The van der Waals surface area contributed by atoms with Gasteiger partial charge in [0.05, 0.1) is 11.1 Å². The lowest BCUT2D eigenvalue weighted by Gasteiger charge is -2.19. The Bertz CT molecular complexity index is 366. The molecule has 2 heterocycles. The molecule has 0 bridgehead atoms. The molecule has 0 saturated carbocycles. The van der Waals surface area contributed by atoms with Crippen LogP contribution in [0.15, 0.2) is 10.6 Å². The predicted molar refractivity (Wildman–Crippen MR) is 55.5 cm³/mol. The van der Waals surface area contributed by atoms with Crippen molar-refractivity contribution in [2.45, 2.75) is 20.3 Å². The minimum Gasteiger partial charge on any atom is -0.338 e. The zero-order valence-electron chi connectivity index (χ0n) is 8.96. The van der Waals surface area contributed by atoms with Crippen molar-refractivity contribution in [1.82, 2.24) is 10.5 Å². The Kier molecular flexibility index (Phi) is 2.48. The summed E-state index contributed by atoms with van der Waals surface area (Å²) in [6.45, 7) is 5.37. The van der Waals surface area contributed by atoms with Crippen molar-refractivity contribution in [3.8, 4) is 0 Å². The van der Waals surface area contributed by atoms with Crippen molar-refractivity contribution in [2.75, 3.05) is 18.4 Å². The summed E-state index contributed by atoms with van der Waals surface area (Å²) in [5.74, 6) is 0.411. The van der Waals surface area contributed by atoms with E-state index in [4.69, 9.17) is 4.52 Å². The molecule has 1 saturated heterocycles. The molecule has 1 amide bonds. The lowest BCUT2D eigenvalue weighted by atomic mass is 9.89. The van der Waals surface area contributed by atoms with Crippen molar-refractivity contribution >= 4 is 11.8 Å². The van der Waals surface area contributed by atoms with Gasteiger partial charge < -0.3 is 9.84 Å². The Balaban J connectivity index is 2.03. The Labute approximate surface area is 88.2 Å². The fourth-order valence-electron chi connectivity index (χ4n) is 1.70. The van der Waals surface area contributed by atoms with E-state index in [-0.39, 0.29) is 11.3 Å². The standard InChI is InChI=1S/C10H15N3O2/c1-7-5-8(15-13-7)12-9(14)10(2)3-4-11-6-10/h5,11H,3-4,6H2,1-2H3,(H,12,14). The number of amides is 1. The van der Waals surface area contributed by atoms with Crippen molar-refractivity contribution in [3.63, 3.8) is 0 Å². The second-order valence-electron chi connectivity index (χ2n) is 4.27. The van der Waals surface area contributed by atoms with Gasteiger partial charge in [-0.15, -0.1) is 0 Å². The van der Waals surface area contributed by atoms with E-state index in [1.165, 1.54) is 0 Å². The van der Waals surface area contributed by atoms with E-state index in [9.17, 15) is 4.79 Å². The number of hydrogen-bond donors (Lipinski definition) is 2. The molecular weight excluding hydrogens is 194 g/mol. The van der Waals surface area contributed by atoms with E-state index in [0.29, 0.717) is 12.4 Å². The van der Waals surface area contributed by atoms with Gasteiger partial charge in [0.1, 0.15) is 0 Å². The fraction of sp³-hybridized carbons (Fsp3) is 0.600. The molecule has 1 aliphatic rings. The second kappa shape index (κ2) is 3.66. The highest BCUT2D eigenvalue weighted by molar-refractivity contribution is 5.94. The van der Waals surface area contributed by atoms with Crippen molar-refractivity contribution in [2.24, 2.45) is 5.41 Å². The number of anilines is 1. The summed E-state index contributed by atoms with van der Waals surface area (Å²) in [5, 5.41) is 9.63. The lowest BCUT2D eigenvalue weighted by molar-refractivity contribution is -0.123. The van der Waals surface area contributed by atoms with Gasteiger partial charge >= 0.3 is 0 Å². The first-order valence-electron chi connectivity index (χ1n) is 5.06. The molecule has 0 aromatic carbocycles. The molecule has 5 nitrogen and oxygen atoms in total. The monoisotopic (exact) mass is 209 g/mol. The zero-order chi connectivity index (χ0) is 10.9. The van der Waals surface area contributed by atoms with Crippen LogP contribution in [-0.4, -0.2) is 24.2 Å². The first kappa shape index (κ1) is 10.2. The molecule has 5 heteroatoms. The van der Waals surface area contributed by atoms with Crippen LogP contribution in [0.3, 0.4) is 0 Å². The third kappa shape index (κ3) is 2.02. The van der Waals surface area contributed by atoms with E-state index in [1.807, 2.05) is 13.8 Å². The average molecular weight is 209 g/mol. The number of aryl methyl sites for hydroxylation is 1. The van der Waals surface area contributed by atoms with Crippen LogP contribution in [0.2, 0.25) is 0 Å². The predicted octanol–water partition coefficient (Wildman–Crippen LogP) is 0.921. The molecular formula is C10H15N3O2. The Morgan fingerprint density at radius 1 is 1.73 bits per heavy atom.